The predicted octanol–water partition coefficient (Wildman–Crippen LogP) is 3.33. The number of nitrogens with zero attached hydrogens (tertiary/aromatic N) is 1. The maximum absolute atomic E-state index is 12.9. The van der Waals surface area contributed by atoms with E-state index in [0.29, 0.717) is 5.02 Å². The standard InChI is InChI=1S/C15H17ClF2N2O2.ClH/c16-9-1-4-13(22-15(17)18)12(7-9)14(21)20-10-2-3-11(20)8-19-6-5-10;/h1,4,7,10-11,15,19H,2-3,5-6,8H2;1H. The molecular formula is C15H18Cl2F2N2O2. The molecule has 0 radical (unpaired) electrons. The molecule has 0 saturated carbocycles. The fourth-order valence-corrected chi connectivity index (χ4v) is 3.49. The lowest BCUT2D eigenvalue weighted by atomic mass is 10.1. The Kier molecular flexibility index (Phi) is 6.06. The van der Waals surface area contributed by atoms with E-state index >= 15 is 0 Å². The number of ether oxygens (including phenoxy) is 1. The van der Waals surface area contributed by atoms with Gasteiger partial charge in [-0.15, -0.1) is 12.4 Å². The summed E-state index contributed by atoms with van der Waals surface area (Å²) in [5.41, 5.74) is 0.103. The van der Waals surface area contributed by atoms with E-state index in [0.717, 1.165) is 32.4 Å². The van der Waals surface area contributed by atoms with Gasteiger partial charge >= 0.3 is 6.61 Å². The predicted molar refractivity (Wildman–Crippen MR) is 85.8 cm³/mol. The van der Waals surface area contributed by atoms with Gasteiger partial charge in [-0.2, -0.15) is 8.78 Å². The van der Waals surface area contributed by atoms with Crippen LogP contribution in [-0.4, -0.2) is 42.6 Å². The van der Waals surface area contributed by atoms with E-state index in [4.69, 9.17) is 11.6 Å². The van der Waals surface area contributed by atoms with Crippen LogP contribution in [0.4, 0.5) is 8.78 Å². The van der Waals surface area contributed by atoms with Crippen LogP contribution in [0.25, 0.3) is 0 Å². The summed E-state index contributed by atoms with van der Waals surface area (Å²) < 4.78 is 29.6. The zero-order valence-electron chi connectivity index (χ0n) is 12.3. The second-order valence-corrected chi connectivity index (χ2v) is 6.05. The summed E-state index contributed by atoms with van der Waals surface area (Å²) in [6, 6.07) is 4.40. The number of halogens is 4. The topological polar surface area (TPSA) is 41.6 Å². The van der Waals surface area contributed by atoms with Gasteiger partial charge in [-0.05, 0) is 44.0 Å². The normalized spacial score (nSPS) is 23.4. The van der Waals surface area contributed by atoms with Crippen molar-refractivity contribution in [2.24, 2.45) is 0 Å². The maximum atomic E-state index is 12.9. The first-order chi connectivity index (χ1) is 10.6. The molecule has 3 rings (SSSR count). The molecule has 2 aliphatic rings. The van der Waals surface area contributed by atoms with Gasteiger partial charge in [-0.25, -0.2) is 0 Å². The van der Waals surface area contributed by atoms with Gasteiger partial charge in [0.25, 0.3) is 5.91 Å². The van der Waals surface area contributed by atoms with Gasteiger partial charge in [0.15, 0.2) is 0 Å². The van der Waals surface area contributed by atoms with Crippen molar-refractivity contribution >= 4 is 29.9 Å². The zero-order valence-corrected chi connectivity index (χ0v) is 13.9. The Balaban J connectivity index is 0.00000192. The summed E-state index contributed by atoms with van der Waals surface area (Å²) in [6.45, 7) is -1.38. The highest BCUT2D eigenvalue weighted by Crippen LogP contribution is 2.33. The number of amides is 1. The molecule has 2 unspecified atom stereocenters. The third-order valence-electron chi connectivity index (χ3n) is 4.28. The number of rotatable bonds is 3. The van der Waals surface area contributed by atoms with Gasteiger partial charge in [-0.3, -0.25) is 4.79 Å². The molecule has 0 spiro atoms. The summed E-state index contributed by atoms with van der Waals surface area (Å²) >= 11 is 5.93. The first-order valence-electron chi connectivity index (χ1n) is 7.34. The molecule has 1 aromatic carbocycles. The van der Waals surface area contributed by atoms with Gasteiger partial charge in [0.2, 0.25) is 0 Å². The molecule has 2 aliphatic heterocycles. The summed E-state index contributed by atoms with van der Waals surface area (Å²) in [5, 5.41) is 3.63. The number of nitrogens with one attached hydrogen (secondary N) is 1. The molecule has 2 atom stereocenters. The first kappa shape index (κ1) is 18.2. The molecule has 2 heterocycles. The highest BCUT2D eigenvalue weighted by molar-refractivity contribution is 6.31. The molecule has 0 aliphatic carbocycles. The molecule has 4 nitrogen and oxygen atoms in total. The second kappa shape index (κ2) is 7.64. The van der Waals surface area contributed by atoms with E-state index < -0.39 is 6.61 Å². The second-order valence-electron chi connectivity index (χ2n) is 5.61. The molecule has 2 bridgehead atoms. The molecule has 23 heavy (non-hydrogen) atoms. The van der Waals surface area contributed by atoms with Gasteiger partial charge in [-0.1, -0.05) is 11.6 Å². The Morgan fingerprint density at radius 3 is 2.78 bits per heavy atom. The number of fused-ring (bicyclic) bond motifs is 2. The third kappa shape index (κ3) is 3.87. The van der Waals surface area contributed by atoms with E-state index in [1.807, 2.05) is 4.90 Å². The fraction of sp³-hybridized carbons (Fsp3) is 0.533. The smallest absolute Gasteiger partial charge is 0.387 e. The molecule has 128 valence electrons. The molecule has 2 saturated heterocycles. The summed E-state index contributed by atoms with van der Waals surface area (Å²) in [6.07, 6.45) is 2.74. The summed E-state index contributed by atoms with van der Waals surface area (Å²) in [4.78, 5) is 14.7. The molecule has 1 amide bonds. The van der Waals surface area contributed by atoms with Crippen LogP contribution < -0.4 is 10.1 Å². The van der Waals surface area contributed by atoms with E-state index in [9.17, 15) is 13.6 Å². The third-order valence-corrected chi connectivity index (χ3v) is 4.51. The van der Waals surface area contributed by atoms with Crippen LogP contribution in [0.5, 0.6) is 5.75 Å². The zero-order chi connectivity index (χ0) is 15.7. The molecule has 1 N–H and O–H groups in total. The van der Waals surface area contributed by atoms with Crippen molar-refractivity contribution in [1.82, 2.24) is 10.2 Å². The van der Waals surface area contributed by atoms with Crippen LogP contribution in [0.1, 0.15) is 29.6 Å². The van der Waals surface area contributed by atoms with E-state index in [-0.39, 0.29) is 41.7 Å². The average molecular weight is 367 g/mol. The minimum Gasteiger partial charge on any atom is -0.434 e. The minimum atomic E-state index is -2.98. The SMILES string of the molecule is Cl.O=C(c1cc(Cl)ccc1OC(F)F)N1C2CCNCC1CC2. The minimum absolute atomic E-state index is 0. The highest BCUT2D eigenvalue weighted by atomic mass is 35.5. The Bertz CT molecular complexity index is 560. The van der Waals surface area contributed by atoms with Crippen LogP contribution in [-0.2, 0) is 0 Å². The molecule has 0 aromatic heterocycles. The van der Waals surface area contributed by atoms with Crippen LogP contribution >= 0.6 is 24.0 Å². The average Bonchev–Trinajstić information content (AvgIpc) is 2.73. The van der Waals surface area contributed by atoms with Crippen LogP contribution in [0, 0.1) is 0 Å². The van der Waals surface area contributed by atoms with Crippen LogP contribution in [0.15, 0.2) is 18.2 Å². The van der Waals surface area contributed by atoms with Crippen molar-refractivity contribution in [2.45, 2.75) is 38.0 Å². The molecule has 1 aromatic rings. The number of alkyl halides is 2. The Morgan fingerprint density at radius 1 is 1.30 bits per heavy atom. The van der Waals surface area contributed by atoms with Crippen molar-refractivity contribution in [3.05, 3.63) is 28.8 Å². The molecular weight excluding hydrogens is 349 g/mol. The van der Waals surface area contributed by atoms with E-state index in [1.165, 1.54) is 18.2 Å². The van der Waals surface area contributed by atoms with Crippen molar-refractivity contribution in [3.63, 3.8) is 0 Å². The lowest BCUT2D eigenvalue weighted by Crippen LogP contribution is -2.42. The van der Waals surface area contributed by atoms with Gasteiger partial charge in [0.05, 0.1) is 5.56 Å². The van der Waals surface area contributed by atoms with Crippen molar-refractivity contribution < 1.29 is 18.3 Å². The van der Waals surface area contributed by atoms with Gasteiger partial charge in [0.1, 0.15) is 5.75 Å². The summed E-state index contributed by atoms with van der Waals surface area (Å²) in [7, 11) is 0. The summed E-state index contributed by atoms with van der Waals surface area (Å²) in [5.74, 6) is -0.407. The molecule has 8 heteroatoms. The number of hydrogen-bond donors (Lipinski definition) is 1. The van der Waals surface area contributed by atoms with E-state index in [1.54, 1.807) is 0 Å². The van der Waals surface area contributed by atoms with Crippen molar-refractivity contribution in [1.29, 1.82) is 0 Å². The van der Waals surface area contributed by atoms with Crippen molar-refractivity contribution in [2.75, 3.05) is 13.1 Å². The first-order valence-corrected chi connectivity index (χ1v) is 7.72. The number of carbonyl (C=O) groups is 1. The quantitative estimate of drug-likeness (QED) is 0.891. The molecule has 2 fully saturated rings. The van der Waals surface area contributed by atoms with Gasteiger partial charge in [0, 0.05) is 23.7 Å². The van der Waals surface area contributed by atoms with Crippen molar-refractivity contribution in [3.8, 4) is 5.75 Å². The fourth-order valence-electron chi connectivity index (χ4n) is 3.32. The monoisotopic (exact) mass is 366 g/mol. The Hall–Kier alpha value is -1.11. The maximum Gasteiger partial charge on any atom is 0.387 e. The highest BCUT2D eigenvalue weighted by Gasteiger charge is 2.39. The number of carbonyl (C=O) groups excluding carboxylic acids is 1. The Morgan fingerprint density at radius 2 is 2.04 bits per heavy atom. The van der Waals surface area contributed by atoms with Crippen LogP contribution in [0.3, 0.4) is 0 Å². The number of hydrogen-bond acceptors (Lipinski definition) is 3. The van der Waals surface area contributed by atoms with E-state index in [2.05, 4.69) is 10.1 Å². The Labute approximate surface area is 144 Å². The number of benzene rings is 1. The lowest BCUT2D eigenvalue weighted by Gasteiger charge is -2.28. The largest absolute Gasteiger partial charge is 0.434 e. The van der Waals surface area contributed by atoms with Gasteiger partial charge < -0.3 is 15.0 Å². The van der Waals surface area contributed by atoms with Crippen LogP contribution in [0.2, 0.25) is 5.02 Å². The lowest BCUT2D eigenvalue weighted by molar-refractivity contribution is -0.0503.